The molecular weight excluding hydrogens is 542 g/mol. The normalized spacial score (nSPS) is 16.0. The van der Waals surface area contributed by atoms with Gasteiger partial charge in [0.15, 0.2) is 5.84 Å². The van der Waals surface area contributed by atoms with Crippen LogP contribution < -0.4 is 14.8 Å². The Labute approximate surface area is 243 Å². The lowest BCUT2D eigenvalue weighted by atomic mass is 9.96. The third kappa shape index (κ3) is 5.27. The smallest absolute Gasteiger partial charge is 0.283 e. The van der Waals surface area contributed by atoms with Gasteiger partial charge in [-0.15, -0.1) is 5.10 Å². The van der Waals surface area contributed by atoms with E-state index in [2.05, 4.69) is 5.10 Å². The zero-order valence-corrected chi connectivity index (χ0v) is 23.8. The second-order valence-electron chi connectivity index (χ2n) is 9.82. The SMILES string of the molecule is CC1=C2C(=O)N(c3ccccc3)N=C2N(c2cccc(Cl)c2)C(=O)C1=Nc1c(C)cc(N(CCO)CCO)cc1C. The minimum absolute atomic E-state index is 0.0549. The summed E-state index contributed by atoms with van der Waals surface area (Å²) in [5.74, 6) is -0.571. The van der Waals surface area contributed by atoms with Crippen LogP contribution in [0.1, 0.15) is 18.1 Å². The van der Waals surface area contributed by atoms with Crippen LogP contribution in [0.2, 0.25) is 5.02 Å². The highest BCUT2D eigenvalue weighted by molar-refractivity contribution is 6.61. The molecule has 0 aliphatic carbocycles. The van der Waals surface area contributed by atoms with E-state index < -0.39 is 5.91 Å². The summed E-state index contributed by atoms with van der Waals surface area (Å²) in [5.41, 5.74) is 4.93. The molecule has 2 aliphatic rings. The first kappa shape index (κ1) is 28.2. The first-order valence-corrected chi connectivity index (χ1v) is 13.6. The molecule has 210 valence electrons. The molecule has 0 aromatic heterocycles. The van der Waals surface area contributed by atoms with Gasteiger partial charge in [0.25, 0.3) is 11.8 Å². The number of aliphatic hydroxyl groups is 2. The Morgan fingerprint density at radius 1 is 0.854 bits per heavy atom. The number of aliphatic imine (C=N–C) groups is 1. The summed E-state index contributed by atoms with van der Waals surface area (Å²) in [5, 5.41) is 25.3. The number of rotatable bonds is 8. The number of benzene rings is 3. The van der Waals surface area contributed by atoms with Gasteiger partial charge in [0.2, 0.25) is 0 Å². The number of aliphatic hydroxyl groups excluding tert-OH is 2. The lowest BCUT2D eigenvalue weighted by Crippen LogP contribution is -2.47. The van der Waals surface area contributed by atoms with Crippen LogP contribution in [-0.2, 0) is 9.59 Å². The zero-order chi connectivity index (χ0) is 29.3. The highest BCUT2D eigenvalue weighted by Crippen LogP contribution is 2.36. The van der Waals surface area contributed by atoms with Crippen molar-refractivity contribution in [1.29, 1.82) is 0 Å². The van der Waals surface area contributed by atoms with Gasteiger partial charge in [0.1, 0.15) is 5.71 Å². The van der Waals surface area contributed by atoms with Gasteiger partial charge in [0, 0.05) is 23.8 Å². The van der Waals surface area contributed by atoms with Crippen LogP contribution >= 0.6 is 11.6 Å². The molecule has 9 nitrogen and oxygen atoms in total. The van der Waals surface area contributed by atoms with Gasteiger partial charge in [-0.2, -0.15) is 5.01 Å². The minimum atomic E-state index is -0.431. The van der Waals surface area contributed by atoms with Crippen LogP contribution in [0.4, 0.5) is 22.7 Å². The average molecular weight is 572 g/mol. The number of carbonyl (C=O) groups is 2. The second-order valence-corrected chi connectivity index (χ2v) is 10.3. The number of hydrogen-bond donors (Lipinski definition) is 2. The maximum absolute atomic E-state index is 14.2. The van der Waals surface area contributed by atoms with E-state index in [4.69, 9.17) is 16.6 Å². The predicted molar refractivity (Wildman–Crippen MR) is 162 cm³/mol. The molecule has 3 aromatic carbocycles. The molecule has 41 heavy (non-hydrogen) atoms. The summed E-state index contributed by atoms with van der Waals surface area (Å²) in [4.78, 5) is 36.0. The molecule has 0 saturated carbocycles. The first-order valence-electron chi connectivity index (χ1n) is 13.2. The number of fused-ring (bicyclic) bond motifs is 1. The van der Waals surface area contributed by atoms with E-state index in [0.717, 1.165) is 16.8 Å². The maximum Gasteiger partial charge on any atom is 0.283 e. The summed E-state index contributed by atoms with van der Waals surface area (Å²) in [6.45, 7) is 6.12. The van der Waals surface area contributed by atoms with E-state index in [9.17, 15) is 19.8 Å². The number of hydrogen-bond acceptors (Lipinski definition) is 7. The molecule has 0 unspecified atom stereocenters. The first-order chi connectivity index (χ1) is 19.7. The Morgan fingerprint density at radius 2 is 1.49 bits per heavy atom. The number of halogens is 1. The Morgan fingerprint density at radius 3 is 2.10 bits per heavy atom. The highest BCUT2D eigenvalue weighted by atomic mass is 35.5. The molecule has 5 rings (SSSR count). The summed E-state index contributed by atoms with van der Waals surface area (Å²) < 4.78 is 0. The van der Waals surface area contributed by atoms with Crippen molar-refractivity contribution in [2.75, 3.05) is 41.1 Å². The number of anilines is 3. The fourth-order valence-electron chi connectivity index (χ4n) is 5.10. The van der Waals surface area contributed by atoms with Crippen LogP contribution in [0.15, 0.2) is 88.0 Å². The van der Waals surface area contributed by atoms with Crippen LogP contribution in [0.25, 0.3) is 0 Å². The van der Waals surface area contributed by atoms with Gasteiger partial charge in [-0.1, -0.05) is 35.9 Å². The summed E-state index contributed by atoms with van der Waals surface area (Å²) in [6, 6.07) is 19.7. The number of aryl methyl sites for hydroxylation is 2. The van der Waals surface area contributed by atoms with E-state index in [1.54, 1.807) is 43.3 Å². The molecule has 2 heterocycles. The largest absolute Gasteiger partial charge is 0.395 e. The maximum atomic E-state index is 14.2. The molecule has 10 heteroatoms. The predicted octanol–water partition coefficient (Wildman–Crippen LogP) is 4.54. The molecule has 0 spiro atoms. The number of hydrazone groups is 1. The van der Waals surface area contributed by atoms with Gasteiger partial charge in [-0.05, 0) is 79.9 Å². The van der Waals surface area contributed by atoms with Crippen molar-refractivity contribution in [2.24, 2.45) is 10.1 Å². The van der Waals surface area contributed by atoms with Gasteiger partial charge < -0.3 is 15.1 Å². The molecule has 2 N–H and O–H groups in total. The molecular formula is C31H30ClN5O4. The van der Waals surface area contributed by atoms with Gasteiger partial charge in [-0.3, -0.25) is 14.5 Å². The molecule has 0 saturated heterocycles. The van der Waals surface area contributed by atoms with Crippen molar-refractivity contribution in [3.63, 3.8) is 0 Å². The topological polar surface area (TPSA) is 109 Å². The number of amidine groups is 1. The third-order valence-electron chi connectivity index (χ3n) is 7.04. The fourth-order valence-corrected chi connectivity index (χ4v) is 5.29. The third-order valence-corrected chi connectivity index (χ3v) is 7.28. The van der Waals surface area contributed by atoms with E-state index in [1.165, 1.54) is 9.91 Å². The van der Waals surface area contributed by atoms with Gasteiger partial charge >= 0.3 is 0 Å². The van der Waals surface area contributed by atoms with E-state index in [-0.39, 0.29) is 36.2 Å². The Balaban J connectivity index is 1.67. The molecule has 0 atom stereocenters. The van der Waals surface area contributed by atoms with Crippen LogP contribution in [0, 0.1) is 13.8 Å². The van der Waals surface area contributed by atoms with E-state index >= 15 is 0 Å². The van der Waals surface area contributed by atoms with Crippen molar-refractivity contribution in [3.05, 3.63) is 94.0 Å². The highest BCUT2D eigenvalue weighted by Gasteiger charge is 2.45. The zero-order valence-electron chi connectivity index (χ0n) is 23.0. The second kappa shape index (κ2) is 11.7. The van der Waals surface area contributed by atoms with Crippen molar-refractivity contribution in [3.8, 4) is 0 Å². The van der Waals surface area contributed by atoms with Crippen molar-refractivity contribution >= 4 is 57.7 Å². The van der Waals surface area contributed by atoms with Crippen molar-refractivity contribution in [2.45, 2.75) is 20.8 Å². The minimum Gasteiger partial charge on any atom is -0.395 e. The van der Waals surface area contributed by atoms with E-state index in [0.29, 0.717) is 40.7 Å². The number of carbonyl (C=O) groups excluding carboxylic acids is 2. The Hall–Kier alpha value is -4.31. The molecule has 0 fully saturated rings. The summed E-state index contributed by atoms with van der Waals surface area (Å²) >= 11 is 6.30. The summed E-state index contributed by atoms with van der Waals surface area (Å²) in [7, 11) is 0. The lowest BCUT2D eigenvalue weighted by molar-refractivity contribution is -0.114. The van der Waals surface area contributed by atoms with E-state index in [1.807, 2.05) is 49.1 Å². The number of nitrogens with zero attached hydrogens (tertiary/aromatic N) is 5. The molecule has 2 amide bonds. The molecule has 0 bridgehead atoms. The quantitative estimate of drug-likeness (QED) is 0.412. The monoisotopic (exact) mass is 571 g/mol. The fraction of sp³-hybridized carbons (Fsp3) is 0.226. The van der Waals surface area contributed by atoms with Gasteiger partial charge in [0.05, 0.1) is 35.8 Å². The molecule has 0 radical (unpaired) electrons. The standard InChI is InChI=1S/C31H30ClN5O4/c1-19-16-25(35(12-14-38)13-15-39)17-20(2)27(19)33-28-21(3)26-29(34-37(30(26)40)23-9-5-4-6-10-23)36(31(28)41)24-11-7-8-22(32)18-24/h4-11,16-18,38-39H,12-15H2,1-3H3. The van der Waals surface area contributed by atoms with Gasteiger partial charge in [-0.25, -0.2) is 4.99 Å². The number of amides is 2. The molecule has 3 aromatic rings. The average Bonchev–Trinajstić information content (AvgIpc) is 3.29. The van der Waals surface area contributed by atoms with Crippen molar-refractivity contribution < 1.29 is 19.8 Å². The Bertz CT molecular complexity index is 1590. The van der Waals surface area contributed by atoms with Crippen LogP contribution in [-0.4, -0.2) is 59.9 Å². The summed E-state index contributed by atoms with van der Waals surface area (Å²) in [6.07, 6.45) is 0. The number of para-hydroxylation sites is 1. The van der Waals surface area contributed by atoms with Crippen molar-refractivity contribution in [1.82, 2.24) is 0 Å². The molecule has 2 aliphatic heterocycles. The Kier molecular flexibility index (Phi) is 8.03. The van der Waals surface area contributed by atoms with Crippen LogP contribution in [0.3, 0.4) is 0 Å². The van der Waals surface area contributed by atoms with Crippen LogP contribution in [0.5, 0.6) is 0 Å². The lowest BCUT2D eigenvalue weighted by Gasteiger charge is -2.28.